The van der Waals surface area contributed by atoms with Crippen LogP contribution in [0.3, 0.4) is 0 Å². The molecule has 0 aromatic carbocycles. The molecule has 130 valence electrons. The van der Waals surface area contributed by atoms with Crippen LogP contribution in [0.1, 0.15) is 24.6 Å². The minimum atomic E-state index is -0.495. The van der Waals surface area contributed by atoms with Gasteiger partial charge in [-0.1, -0.05) is 6.07 Å². The largest absolute Gasteiger partial charge is 0.364 e. The zero-order valence-corrected chi connectivity index (χ0v) is 14.4. The second kappa shape index (κ2) is 5.68. The number of nitrogens with zero attached hydrogens (tertiary/aromatic N) is 4. The van der Waals surface area contributed by atoms with E-state index in [0.29, 0.717) is 25.2 Å². The summed E-state index contributed by atoms with van der Waals surface area (Å²) in [6.07, 6.45) is 9.34. The van der Waals surface area contributed by atoms with Crippen molar-refractivity contribution in [1.29, 1.82) is 0 Å². The van der Waals surface area contributed by atoms with E-state index in [-0.39, 0.29) is 0 Å². The van der Waals surface area contributed by atoms with Crippen LogP contribution in [0.2, 0.25) is 0 Å². The van der Waals surface area contributed by atoms with Gasteiger partial charge in [0.05, 0.1) is 12.2 Å². The molecule has 0 spiro atoms. The van der Waals surface area contributed by atoms with E-state index >= 15 is 0 Å². The number of fused-ring (bicyclic) bond motifs is 3. The van der Waals surface area contributed by atoms with Crippen molar-refractivity contribution >= 4 is 11.9 Å². The maximum Gasteiger partial charge on any atom is 0.133 e. The summed E-state index contributed by atoms with van der Waals surface area (Å²) in [6, 6.07) is 7.57. The van der Waals surface area contributed by atoms with Crippen molar-refractivity contribution in [2.75, 3.05) is 24.6 Å². The van der Waals surface area contributed by atoms with Crippen molar-refractivity contribution < 1.29 is 4.74 Å². The summed E-state index contributed by atoms with van der Waals surface area (Å²) >= 11 is 0. The predicted molar refractivity (Wildman–Crippen MR) is 96.3 cm³/mol. The van der Waals surface area contributed by atoms with Gasteiger partial charge in [-0.2, -0.15) is 5.10 Å². The molecule has 3 saturated heterocycles. The summed E-state index contributed by atoms with van der Waals surface area (Å²) in [6.45, 7) is 5.46. The average molecular weight is 337 g/mol. The number of anilines is 1. The van der Waals surface area contributed by atoms with Gasteiger partial charge in [0.1, 0.15) is 11.4 Å². The van der Waals surface area contributed by atoms with Crippen LogP contribution < -0.4 is 10.2 Å². The van der Waals surface area contributed by atoms with Gasteiger partial charge in [0, 0.05) is 49.7 Å². The molecule has 6 heteroatoms. The van der Waals surface area contributed by atoms with E-state index in [0.717, 1.165) is 30.2 Å². The minimum absolute atomic E-state index is 0.495. The molecule has 2 aromatic heterocycles. The Balaban J connectivity index is 1.42. The molecule has 0 radical (unpaired) electrons. The van der Waals surface area contributed by atoms with Gasteiger partial charge >= 0.3 is 0 Å². The van der Waals surface area contributed by atoms with Crippen molar-refractivity contribution in [1.82, 2.24) is 20.1 Å². The highest BCUT2D eigenvalue weighted by Crippen LogP contribution is 2.34. The minimum Gasteiger partial charge on any atom is -0.364 e. The SMILES string of the molecule is CCOC1(c2ccc(N3CC4CC(C3)N4)nc2)C=Cc2ccnn2C1. The number of aromatic nitrogens is 3. The molecule has 0 aliphatic carbocycles. The fraction of sp³-hybridized carbons (Fsp3) is 0.474. The van der Waals surface area contributed by atoms with Crippen molar-refractivity contribution in [2.45, 2.75) is 37.6 Å². The maximum atomic E-state index is 6.18. The van der Waals surface area contributed by atoms with E-state index in [1.54, 1.807) is 0 Å². The summed E-state index contributed by atoms with van der Waals surface area (Å²) in [5, 5.41) is 7.98. The van der Waals surface area contributed by atoms with Crippen LogP contribution in [0.4, 0.5) is 5.82 Å². The van der Waals surface area contributed by atoms with Gasteiger partial charge in [0.25, 0.3) is 0 Å². The number of rotatable bonds is 4. The Kier molecular flexibility index (Phi) is 3.43. The molecule has 0 amide bonds. The van der Waals surface area contributed by atoms with Crippen LogP contribution >= 0.6 is 0 Å². The van der Waals surface area contributed by atoms with Crippen LogP contribution in [-0.4, -0.2) is 46.5 Å². The summed E-state index contributed by atoms with van der Waals surface area (Å²) in [5.74, 6) is 1.06. The number of piperazine rings is 1. The third-order valence-electron chi connectivity index (χ3n) is 5.54. The maximum absolute atomic E-state index is 6.18. The van der Waals surface area contributed by atoms with Gasteiger partial charge in [0.2, 0.25) is 0 Å². The van der Waals surface area contributed by atoms with Gasteiger partial charge in [-0.15, -0.1) is 0 Å². The highest BCUT2D eigenvalue weighted by Gasteiger charge is 2.38. The van der Waals surface area contributed by atoms with Crippen molar-refractivity contribution in [2.24, 2.45) is 0 Å². The first-order valence-electron chi connectivity index (χ1n) is 9.08. The fourth-order valence-corrected chi connectivity index (χ4v) is 4.26. The molecule has 3 unspecified atom stereocenters. The van der Waals surface area contributed by atoms with Crippen LogP contribution in [0.15, 0.2) is 36.7 Å². The lowest BCUT2D eigenvalue weighted by Gasteiger charge is -2.48. The number of hydrogen-bond acceptors (Lipinski definition) is 5. The van der Waals surface area contributed by atoms with E-state index in [9.17, 15) is 0 Å². The van der Waals surface area contributed by atoms with E-state index in [2.05, 4.69) is 39.6 Å². The standard InChI is InChI=1S/C19H23N5O/c1-2-25-19(7-5-17-6-8-21-24(17)13-19)14-3-4-18(20-10-14)23-11-15-9-16(12-23)22-15/h3-8,10,15-16,22H,2,9,11-13H2,1H3. The van der Waals surface area contributed by atoms with Crippen molar-refractivity contribution in [3.8, 4) is 0 Å². The molecular weight excluding hydrogens is 314 g/mol. The molecule has 4 aliphatic rings. The second-order valence-corrected chi connectivity index (χ2v) is 7.18. The van der Waals surface area contributed by atoms with Crippen LogP contribution in [0, 0.1) is 0 Å². The Morgan fingerprint density at radius 1 is 1.28 bits per heavy atom. The average Bonchev–Trinajstić information content (AvgIpc) is 3.09. The number of piperidine rings is 1. The van der Waals surface area contributed by atoms with Crippen molar-refractivity contribution in [3.05, 3.63) is 47.9 Å². The zero-order chi connectivity index (χ0) is 16.9. The Morgan fingerprint density at radius 3 is 2.84 bits per heavy atom. The summed E-state index contributed by atoms with van der Waals surface area (Å²) < 4.78 is 8.17. The molecule has 1 N–H and O–H groups in total. The third kappa shape index (κ3) is 2.48. The molecule has 6 rings (SSSR count). The monoisotopic (exact) mass is 337 g/mol. The molecule has 3 fully saturated rings. The quantitative estimate of drug-likeness (QED) is 0.922. The Hall–Kier alpha value is -2.18. The molecule has 2 aromatic rings. The molecular formula is C19H23N5O. The van der Waals surface area contributed by atoms with E-state index < -0.39 is 5.60 Å². The van der Waals surface area contributed by atoms with Crippen LogP contribution in [0.25, 0.3) is 6.08 Å². The first kappa shape index (κ1) is 15.1. The summed E-state index contributed by atoms with van der Waals surface area (Å²) in [4.78, 5) is 7.14. The van der Waals surface area contributed by atoms with Crippen LogP contribution in [0.5, 0.6) is 0 Å². The predicted octanol–water partition coefficient (Wildman–Crippen LogP) is 1.79. The van der Waals surface area contributed by atoms with E-state index in [1.165, 1.54) is 6.42 Å². The molecule has 2 bridgehead atoms. The Morgan fingerprint density at radius 2 is 2.12 bits per heavy atom. The lowest BCUT2D eigenvalue weighted by molar-refractivity contribution is -0.0218. The Labute approximate surface area is 147 Å². The van der Waals surface area contributed by atoms with E-state index in [4.69, 9.17) is 9.72 Å². The number of ether oxygens (including phenoxy) is 1. The highest BCUT2D eigenvalue weighted by molar-refractivity contribution is 5.51. The second-order valence-electron chi connectivity index (χ2n) is 7.18. The molecule has 25 heavy (non-hydrogen) atoms. The van der Waals surface area contributed by atoms with Gasteiger partial charge in [-0.05, 0) is 37.6 Å². The van der Waals surface area contributed by atoms with Crippen LogP contribution in [-0.2, 0) is 16.9 Å². The lowest BCUT2D eigenvalue weighted by Crippen LogP contribution is -2.67. The summed E-state index contributed by atoms with van der Waals surface area (Å²) in [7, 11) is 0. The topological polar surface area (TPSA) is 55.2 Å². The van der Waals surface area contributed by atoms with Gasteiger partial charge in [-0.3, -0.25) is 4.68 Å². The fourth-order valence-electron chi connectivity index (χ4n) is 4.26. The van der Waals surface area contributed by atoms with Gasteiger partial charge in [-0.25, -0.2) is 4.98 Å². The molecule has 6 nitrogen and oxygen atoms in total. The highest BCUT2D eigenvalue weighted by atomic mass is 16.5. The Bertz CT molecular complexity index is 782. The first-order chi connectivity index (χ1) is 12.3. The normalized spacial score (nSPS) is 30.0. The molecule has 3 atom stereocenters. The van der Waals surface area contributed by atoms with Gasteiger partial charge in [0.15, 0.2) is 0 Å². The third-order valence-corrected chi connectivity index (χ3v) is 5.54. The first-order valence-corrected chi connectivity index (χ1v) is 9.08. The molecule has 0 saturated carbocycles. The smallest absolute Gasteiger partial charge is 0.133 e. The number of nitrogens with one attached hydrogen (secondary N) is 1. The van der Waals surface area contributed by atoms with Gasteiger partial charge < -0.3 is 15.0 Å². The molecule has 6 heterocycles. The zero-order valence-electron chi connectivity index (χ0n) is 14.4. The number of hydrogen-bond donors (Lipinski definition) is 1. The van der Waals surface area contributed by atoms with E-state index in [1.807, 2.05) is 30.1 Å². The van der Waals surface area contributed by atoms with Crippen molar-refractivity contribution in [3.63, 3.8) is 0 Å². The summed E-state index contributed by atoms with van der Waals surface area (Å²) in [5.41, 5.74) is 1.70. The molecule has 4 aliphatic heterocycles. The lowest BCUT2D eigenvalue weighted by atomic mass is 9.90. The number of pyridine rings is 1.